The third-order valence-electron chi connectivity index (χ3n) is 6.06. The number of thiophene rings is 1. The molecular weight excluding hydrogens is 464 g/mol. The lowest BCUT2D eigenvalue weighted by Gasteiger charge is -2.13. The lowest BCUT2D eigenvalue weighted by atomic mass is 9.95. The Morgan fingerprint density at radius 1 is 0.778 bits per heavy atom. The Hall–Kier alpha value is -4.60. The summed E-state index contributed by atoms with van der Waals surface area (Å²) in [4.78, 5) is 5.70. The molecule has 6 aromatic rings. The highest BCUT2D eigenvalue weighted by Gasteiger charge is 2.25. The predicted octanol–water partition coefficient (Wildman–Crippen LogP) is 7.51. The molecule has 0 saturated carbocycles. The van der Waals surface area contributed by atoms with Crippen LogP contribution in [0, 0.1) is 11.3 Å². The molecule has 0 aliphatic rings. The van der Waals surface area contributed by atoms with Crippen molar-refractivity contribution in [3.63, 3.8) is 0 Å². The highest BCUT2D eigenvalue weighted by atomic mass is 32.1. The van der Waals surface area contributed by atoms with Crippen LogP contribution in [0.15, 0.2) is 91.0 Å². The lowest BCUT2D eigenvalue weighted by molar-refractivity contribution is 0.327. The Kier molecular flexibility index (Phi) is 5.61. The van der Waals surface area contributed by atoms with Crippen molar-refractivity contribution in [3.05, 3.63) is 96.6 Å². The van der Waals surface area contributed by atoms with Crippen LogP contribution in [0.1, 0.15) is 12.5 Å². The number of nitrogens with zero attached hydrogens (tertiary/aromatic N) is 4. The molecule has 0 N–H and O–H groups in total. The molecule has 0 amide bonds. The maximum absolute atomic E-state index is 10.2. The average molecular weight is 485 g/mol. The summed E-state index contributed by atoms with van der Waals surface area (Å²) in [6, 6.07) is 32.6. The zero-order chi connectivity index (χ0) is 24.5. The van der Waals surface area contributed by atoms with Crippen LogP contribution >= 0.6 is 11.3 Å². The largest absolute Gasteiger partial charge is 0.477 e. The highest BCUT2D eigenvalue weighted by molar-refractivity contribution is 7.26. The van der Waals surface area contributed by atoms with Gasteiger partial charge in [-0.2, -0.15) is 5.26 Å². The fraction of sp³-hybridized carbons (Fsp3) is 0.0667. The van der Waals surface area contributed by atoms with Crippen LogP contribution in [-0.2, 0) is 0 Å². The SMILES string of the molecule is CCOc1nc2c(sc3nnc(-c4ccccc4)c(-c4ccccc4)c32)c(-c2ccccc2)c1C#N. The number of fused-ring (bicyclic) bond motifs is 3. The van der Waals surface area contributed by atoms with Gasteiger partial charge in [-0.1, -0.05) is 91.0 Å². The first-order valence-corrected chi connectivity index (χ1v) is 12.5. The third-order valence-corrected chi connectivity index (χ3v) is 7.14. The highest BCUT2D eigenvalue weighted by Crippen LogP contribution is 2.47. The first-order valence-electron chi connectivity index (χ1n) is 11.7. The molecule has 36 heavy (non-hydrogen) atoms. The summed E-state index contributed by atoms with van der Waals surface area (Å²) in [5.74, 6) is 0.336. The van der Waals surface area contributed by atoms with E-state index in [1.165, 1.54) is 11.3 Å². The van der Waals surface area contributed by atoms with Crippen molar-refractivity contribution in [1.82, 2.24) is 15.2 Å². The molecule has 0 aliphatic carbocycles. The van der Waals surface area contributed by atoms with E-state index in [0.29, 0.717) is 18.1 Å². The molecule has 6 rings (SSSR count). The van der Waals surface area contributed by atoms with Crippen molar-refractivity contribution in [2.75, 3.05) is 6.61 Å². The number of benzene rings is 3. The average Bonchev–Trinajstić information content (AvgIpc) is 3.31. The smallest absolute Gasteiger partial charge is 0.232 e. The first-order chi connectivity index (χ1) is 17.8. The lowest BCUT2D eigenvalue weighted by Crippen LogP contribution is -2.00. The Morgan fingerprint density at radius 2 is 1.36 bits per heavy atom. The van der Waals surface area contributed by atoms with Gasteiger partial charge in [-0.05, 0) is 18.1 Å². The Labute approximate surface area is 212 Å². The molecule has 0 fully saturated rings. The van der Waals surface area contributed by atoms with Gasteiger partial charge in [0.25, 0.3) is 0 Å². The Balaban J connectivity index is 1.81. The van der Waals surface area contributed by atoms with Gasteiger partial charge in [0.1, 0.15) is 22.2 Å². The molecule has 5 nitrogen and oxygen atoms in total. The van der Waals surface area contributed by atoms with E-state index >= 15 is 0 Å². The summed E-state index contributed by atoms with van der Waals surface area (Å²) in [6.07, 6.45) is 0. The van der Waals surface area contributed by atoms with Crippen molar-refractivity contribution in [1.29, 1.82) is 5.26 Å². The zero-order valence-electron chi connectivity index (χ0n) is 19.5. The molecule has 0 saturated heterocycles. The van der Waals surface area contributed by atoms with Crippen molar-refractivity contribution in [3.8, 4) is 45.5 Å². The van der Waals surface area contributed by atoms with Gasteiger partial charge in [0.05, 0.1) is 16.8 Å². The molecule has 0 unspecified atom stereocenters. The predicted molar refractivity (Wildman–Crippen MR) is 145 cm³/mol. The van der Waals surface area contributed by atoms with E-state index in [1.54, 1.807) is 0 Å². The van der Waals surface area contributed by atoms with Crippen LogP contribution in [-0.4, -0.2) is 21.8 Å². The third kappa shape index (κ3) is 3.58. The number of ether oxygens (including phenoxy) is 1. The van der Waals surface area contributed by atoms with Gasteiger partial charge in [-0.25, -0.2) is 4.98 Å². The van der Waals surface area contributed by atoms with Gasteiger partial charge < -0.3 is 4.74 Å². The molecule has 6 heteroatoms. The maximum Gasteiger partial charge on any atom is 0.232 e. The van der Waals surface area contributed by atoms with Gasteiger partial charge in [-0.3, -0.25) is 0 Å². The van der Waals surface area contributed by atoms with Gasteiger partial charge >= 0.3 is 0 Å². The number of rotatable bonds is 5. The fourth-order valence-electron chi connectivity index (χ4n) is 4.53. The minimum atomic E-state index is 0.336. The normalized spacial score (nSPS) is 11.0. The van der Waals surface area contributed by atoms with Crippen LogP contribution in [0.4, 0.5) is 0 Å². The molecule has 0 atom stereocenters. The summed E-state index contributed by atoms with van der Waals surface area (Å²) < 4.78 is 6.81. The van der Waals surface area contributed by atoms with Gasteiger partial charge in [-0.15, -0.1) is 21.5 Å². The molecule has 3 aromatic carbocycles. The van der Waals surface area contributed by atoms with Gasteiger partial charge in [0.2, 0.25) is 5.88 Å². The minimum absolute atomic E-state index is 0.336. The minimum Gasteiger partial charge on any atom is -0.477 e. The van der Waals surface area contributed by atoms with E-state index in [-0.39, 0.29) is 0 Å². The van der Waals surface area contributed by atoms with Crippen LogP contribution in [0.2, 0.25) is 0 Å². The van der Waals surface area contributed by atoms with Crippen molar-refractivity contribution in [2.24, 2.45) is 0 Å². The van der Waals surface area contributed by atoms with Crippen molar-refractivity contribution in [2.45, 2.75) is 6.92 Å². The Morgan fingerprint density at radius 3 is 1.94 bits per heavy atom. The second kappa shape index (κ2) is 9.21. The summed E-state index contributed by atoms with van der Waals surface area (Å²) in [7, 11) is 0. The summed E-state index contributed by atoms with van der Waals surface area (Å²) >= 11 is 1.51. The fourth-order valence-corrected chi connectivity index (χ4v) is 5.68. The number of nitriles is 1. The molecule has 172 valence electrons. The van der Waals surface area contributed by atoms with E-state index in [9.17, 15) is 5.26 Å². The van der Waals surface area contributed by atoms with E-state index in [4.69, 9.17) is 9.72 Å². The molecule has 3 heterocycles. The van der Waals surface area contributed by atoms with Crippen LogP contribution in [0.25, 0.3) is 53.9 Å². The molecule has 0 radical (unpaired) electrons. The summed E-state index contributed by atoms with van der Waals surface area (Å²) in [6.45, 7) is 2.30. The molecular formula is C30H20N4OS. The second-order valence-corrected chi connectivity index (χ2v) is 9.19. The molecule has 0 spiro atoms. The Bertz CT molecular complexity index is 1740. The number of pyridine rings is 1. The van der Waals surface area contributed by atoms with Gasteiger partial charge in [0.15, 0.2) is 0 Å². The quantitative estimate of drug-likeness (QED) is 0.253. The number of hydrogen-bond donors (Lipinski definition) is 0. The number of aromatic nitrogens is 3. The van der Waals surface area contributed by atoms with E-state index in [2.05, 4.69) is 28.4 Å². The summed E-state index contributed by atoms with van der Waals surface area (Å²) in [5, 5.41) is 20.4. The monoisotopic (exact) mass is 484 g/mol. The summed E-state index contributed by atoms with van der Waals surface area (Å²) in [5.41, 5.74) is 6.72. The van der Waals surface area contributed by atoms with E-state index in [0.717, 1.165) is 53.9 Å². The van der Waals surface area contributed by atoms with Crippen molar-refractivity contribution >= 4 is 31.8 Å². The van der Waals surface area contributed by atoms with Crippen LogP contribution < -0.4 is 4.74 Å². The number of hydrogen-bond acceptors (Lipinski definition) is 6. The van der Waals surface area contributed by atoms with E-state index < -0.39 is 0 Å². The van der Waals surface area contributed by atoms with Crippen molar-refractivity contribution < 1.29 is 4.74 Å². The van der Waals surface area contributed by atoms with Crippen LogP contribution in [0.3, 0.4) is 0 Å². The zero-order valence-corrected chi connectivity index (χ0v) is 20.3. The second-order valence-electron chi connectivity index (χ2n) is 8.19. The standard InChI is InChI=1S/C30H20N4OS/c1-2-35-29-22(18-31)23(19-12-6-3-7-13-19)28-27(32-29)25-24(20-14-8-4-9-15-20)26(33-34-30(25)36-28)21-16-10-5-11-17-21/h3-17H,2H2,1H3. The topological polar surface area (TPSA) is 71.7 Å². The molecule has 0 bridgehead atoms. The molecule has 3 aromatic heterocycles. The van der Waals surface area contributed by atoms with Gasteiger partial charge in [0, 0.05) is 22.1 Å². The molecule has 0 aliphatic heterocycles. The first kappa shape index (κ1) is 21.9. The van der Waals surface area contributed by atoms with Crippen LogP contribution in [0.5, 0.6) is 5.88 Å². The maximum atomic E-state index is 10.2. The van der Waals surface area contributed by atoms with E-state index in [1.807, 2.05) is 85.8 Å².